The number of thioether (sulfide) groups is 2. The maximum absolute atomic E-state index is 13.9. The predicted octanol–water partition coefficient (Wildman–Crippen LogP) is 2.36. The summed E-state index contributed by atoms with van der Waals surface area (Å²) in [6.45, 7) is 8.86. The maximum atomic E-state index is 13.9. The lowest BCUT2D eigenvalue weighted by Gasteiger charge is -2.44. The van der Waals surface area contributed by atoms with Crippen LogP contribution in [0.4, 0.5) is 0 Å². The molecule has 9 nitrogen and oxygen atoms in total. The highest BCUT2D eigenvalue weighted by Crippen LogP contribution is 2.36. The molecule has 0 spiro atoms. The average molecular weight is 640 g/mol. The van der Waals surface area contributed by atoms with Crippen molar-refractivity contribution in [3.05, 3.63) is 29.8 Å². The number of hydrogen-bond acceptors (Lipinski definition) is 10. The van der Waals surface area contributed by atoms with Gasteiger partial charge in [0.1, 0.15) is 35.9 Å². The van der Waals surface area contributed by atoms with Gasteiger partial charge in [0, 0.05) is 29.8 Å². The summed E-state index contributed by atoms with van der Waals surface area (Å²) in [5.74, 6) is 1.31. The van der Waals surface area contributed by atoms with Gasteiger partial charge in [0.25, 0.3) is 0 Å². The first-order valence-electron chi connectivity index (χ1n) is 15.8. The van der Waals surface area contributed by atoms with E-state index in [-0.39, 0.29) is 23.2 Å². The number of carbonyl (C=O) groups excluding carboxylic acids is 1. The summed E-state index contributed by atoms with van der Waals surface area (Å²) in [5, 5.41) is 38.7. The number of nitrogens with zero attached hydrogens (tertiary/aromatic N) is 1. The molecule has 244 valence electrons. The molecule has 0 bridgehead atoms. The highest BCUT2D eigenvalue weighted by Gasteiger charge is 2.50. The third kappa shape index (κ3) is 9.10. The highest BCUT2D eigenvalue weighted by atomic mass is 32.2. The van der Waals surface area contributed by atoms with E-state index in [2.05, 4.69) is 67.7 Å². The second-order valence-electron chi connectivity index (χ2n) is 13.2. The van der Waals surface area contributed by atoms with Gasteiger partial charge < -0.3 is 40.3 Å². The van der Waals surface area contributed by atoms with Gasteiger partial charge in [-0.2, -0.15) is 0 Å². The van der Waals surface area contributed by atoms with Crippen LogP contribution in [0.1, 0.15) is 45.6 Å². The topological polar surface area (TPSA) is 124 Å². The molecule has 3 aliphatic heterocycles. The lowest BCUT2D eigenvalue weighted by molar-refractivity contribution is -0.205. The van der Waals surface area contributed by atoms with Gasteiger partial charge in [-0.15, -0.1) is 23.5 Å². The van der Waals surface area contributed by atoms with Crippen LogP contribution in [0.25, 0.3) is 0 Å². The number of aliphatic hydroxyl groups is 3. The van der Waals surface area contributed by atoms with E-state index in [0.717, 1.165) is 37.2 Å². The van der Waals surface area contributed by atoms with Crippen molar-refractivity contribution in [2.45, 2.75) is 105 Å². The number of rotatable bonds is 12. The maximum Gasteiger partial charge on any atom is 0.240 e. The number of amides is 1. The molecule has 0 aliphatic carbocycles. The fourth-order valence-corrected chi connectivity index (χ4v) is 8.50. The van der Waals surface area contributed by atoms with Crippen molar-refractivity contribution >= 4 is 29.4 Å². The average Bonchev–Trinajstić information content (AvgIpc) is 3.25. The molecule has 11 atom stereocenters. The van der Waals surface area contributed by atoms with Gasteiger partial charge in [-0.1, -0.05) is 32.9 Å². The minimum Gasteiger partial charge on any atom is -0.388 e. The Bertz CT molecular complexity index is 1020. The van der Waals surface area contributed by atoms with Crippen LogP contribution in [0.2, 0.25) is 0 Å². The molecule has 0 radical (unpaired) electrons. The van der Waals surface area contributed by atoms with Crippen LogP contribution in [-0.2, 0) is 20.7 Å². The van der Waals surface area contributed by atoms with E-state index in [9.17, 15) is 20.1 Å². The fourth-order valence-electron chi connectivity index (χ4n) is 6.73. The quantitative estimate of drug-likeness (QED) is 0.218. The minimum atomic E-state index is -1.39. The summed E-state index contributed by atoms with van der Waals surface area (Å²) >= 11 is 2.86. The predicted molar refractivity (Wildman–Crippen MR) is 173 cm³/mol. The first kappa shape index (κ1) is 35.0. The van der Waals surface area contributed by atoms with Crippen molar-refractivity contribution in [2.75, 3.05) is 40.0 Å². The van der Waals surface area contributed by atoms with Crippen LogP contribution in [0.3, 0.4) is 0 Å². The smallest absolute Gasteiger partial charge is 0.240 e. The Kier molecular flexibility index (Phi) is 13.1. The first-order chi connectivity index (χ1) is 20.5. The van der Waals surface area contributed by atoms with E-state index in [4.69, 9.17) is 9.47 Å². The molecule has 0 aromatic heterocycles. The van der Waals surface area contributed by atoms with Crippen molar-refractivity contribution in [1.82, 2.24) is 15.5 Å². The van der Waals surface area contributed by atoms with Crippen molar-refractivity contribution in [2.24, 2.45) is 17.8 Å². The van der Waals surface area contributed by atoms with Gasteiger partial charge in [-0.05, 0) is 81.5 Å². The van der Waals surface area contributed by atoms with Crippen LogP contribution >= 0.6 is 23.5 Å². The van der Waals surface area contributed by atoms with Crippen LogP contribution in [0, 0.1) is 17.8 Å². The van der Waals surface area contributed by atoms with Crippen LogP contribution in [-0.4, -0.2) is 119 Å². The van der Waals surface area contributed by atoms with E-state index < -0.39 is 41.9 Å². The number of benzene rings is 1. The van der Waals surface area contributed by atoms with Crippen molar-refractivity contribution in [3.8, 4) is 0 Å². The molecule has 1 aromatic rings. The molecule has 3 saturated heterocycles. The number of nitrogens with one attached hydrogen (secondary N) is 2. The zero-order valence-electron chi connectivity index (χ0n) is 26.5. The van der Waals surface area contributed by atoms with Crippen LogP contribution < -0.4 is 10.6 Å². The molecule has 43 heavy (non-hydrogen) atoms. The van der Waals surface area contributed by atoms with Crippen molar-refractivity contribution in [1.29, 1.82) is 0 Å². The molecule has 3 heterocycles. The van der Waals surface area contributed by atoms with E-state index in [1.165, 1.54) is 23.7 Å². The Hall–Kier alpha value is -0.890. The SMILES string of the molecule is CS[C@H]1O[C@H]([C@H](NC(=O)[C@H]2NC[C@@H]3C[C@H](CC(C)C)CCO[C@H]32)[C@H](C)Sc2ccc(CCN(C)C)cc2)[C@H](O)[C@H](O)[C@H]1O. The summed E-state index contributed by atoms with van der Waals surface area (Å²) in [6.07, 6.45) is 0.869. The van der Waals surface area contributed by atoms with E-state index >= 15 is 0 Å². The van der Waals surface area contributed by atoms with Crippen molar-refractivity contribution in [3.63, 3.8) is 0 Å². The van der Waals surface area contributed by atoms with Crippen molar-refractivity contribution < 1.29 is 29.6 Å². The molecule has 4 rings (SSSR count). The number of aliphatic hydroxyl groups excluding tert-OH is 3. The Morgan fingerprint density at radius 3 is 2.49 bits per heavy atom. The number of ether oxygens (including phenoxy) is 2. The molecule has 1 aromatic carbocycles. The Morgan fingerprint density at radius 2 is 1.84 bits per heavy atom. The molecule has 1 amide bonds. The number of likely N-dealkylation sites (N-methyl/N-ethyl adjacent to an activating group) is 1. The summed E-state index contributed by atoms with van der Waals surface area (Å²) < 4.78 is 12.5. The molecule has 5 N–H and O–H groups in total. The van der Waals surface area contributed by atoms with Gasteiger partial charge >= 0.3 is 0 Å². The standard InChI is InChI=1S/C32H53N3O6S2/c1-18(2)15-21-12-14-40-29-22(16-21)17-33-25(29)31(39)34-24(30-27(37)26(36)28(38)32(41-30)42-6)19(3)43-23-9-7-20(8-10-23)11-13-35(4)5/h7-10,18-19,21-22,24-30,32-33,36-38H,11-17H2,1-6H3,(H,34,39)/t19-,21-,22-,24+,25-,26-,27+,28+,29+,30+,32+/m0/s1. The summed E-state index contributed by atoms with van der Waals surface area (Å²) in [5.41, 5.74) is 0.524. The lowest BCUT2D eigenvalue weighted by Crippen LogP contribution is -2.65. The van der Waals surface area contributed by atoms with Crippen LogP contribution in [0.15, 0.2) is 29.2 Å². The largest absolute Gasteiger partial charge is 0.388 e. The van der Waals surface area contributed by atoms with E-state index in [0.29, 0.717) is 18.4 Å². The highest BCUT2D eigenvalue weighted by molar-refractivity contribution is 8.00. The number of hydrogen-bond donors (Lipinski definition) is 5. The molecular weight excluding hydrogens is 587 g/mol. The van der Waals surface area contributed by atoms with Gasteiger partial charge in [0.15, 0.2) is 0 Å². The Balaban J connectivity index is 1.50. The summed E-state index contributed by atoms with van der Waals surface area (Å²) in [4.78, 5) is 17.1. The Morgan fingerprint density at radius 1 is 1.12 bits per heavy atom. The first-order valence-corrected chi connectivity index (χ1v) is 17.9. The van der Waals surface area contributed by atoms with Gasteiger partial charge in [-0.3, -0.25) is 4.79 Å². The second-order valence-corrected chi connectivity index (χ2v) is 15.6. The molecular formula is C32H53N3O6S2. The molecule has 11 heteroatoms. The third-order valence-corrected chi connectivity index (χ3v) is 11.1. The molecule has 3 aliphatic rings. The fraction of sp³-hybridized carbons (Fsp3) is 0.781. The third-order valence-electron chi connectivity index (χ3n) is 9.05. The number of carbonyl (C=O) groups is 1. The normalized spacial score (nSPS) is 34.5. The van der Waals surface area contributed by atoms with E-state index in [1.54, 1.807) is 18.0 Å². The molecule has 0 unspecified atom stereocenters. The zero-order chi connectivity index (χ0) is 31.3. The number of fused-ring (bicyclic) bond motifs is 1. The Labute approximate surface area is 266 Å². The van der Waals surface area contributed by atoms with Crippen LogP contribution in [0.5, 0.6) is 0 Å². The monoisotopic (exact) mass is 639 g/mol. The summed E-state index contributed by atoms with van der Waals surface area (Å²) in [7, 11) is 4.12. The van der Waals surface area contributed by atoms with E-state index in [1.807, 2.05) is 6.92 Å². The lowest BCUT2D eigenvalue weighted by atomic mass is 9.85. The second kappa shape index (κ2) is 16.1. The summed E-state index contributed by atoms with van der Waals surface area (Å²) in [6, 6.07) is 7.27. The zero-order valence-corrected chi connectivity index (χ0v) is 28.2. The molecule has 3 fully saturated rings. The van der Waals surface area contributed by atoms with Gasteiger partial charge in [-0.25, -0.2) is 0 Å². The minimum absolute atomic E-state index is 0.191. The van der Waals surface area contributed by atoms with Gasteiger partial charge in [0.05, 0.1) is 12.1 Å². The van der Waals surface area contributed by atoms with Gasteiger partial charge in [0.2, 0.25) is 5.91 Å². The molecule has 0 saturated carbocycles.